The Labute approximate surface area is 126 Å². The smallest absolute Gasteiger partial charge is 0.164 e. The van der Waals surface area contributed by atoms with E-state index in [1.807, 2.05) is 23.6 Å². The Bertz CT molecular complexity index is 719. The Hall–Kier alpha value is -0.680. The minimum absolute atomic E-state index is 0.320. The van der Waals surface area contributed by atoms with Gasteiger partial charge in [0.1, 0.15) is 10.3 Å². The minimum atomic E-state index is 0.320. The second-order valence-corrected chi connectivity index (χ2v) is 6.01. The molecule has 0 unspecified atom stereocenters. The predicted octanol–water partition coefficient (Wildman–Crippen LogP) is 5.43. The Kier molecular flexibility index (Phi) is 3.28. The van der Waals surface area contributed by atoms with Gasteiger partial charge in [-0.25, -0.2) is 9.97 Å². The third kappa shape index (κ3) is 2.03. The first-order valence-electron chi connectivity index (χ1n) is 5.02. The van der Waals surface area contributed by atoms with E-state index in [4.69, 9.17) is 23.2 Å². The first-order chi connectivity index (χ1) is 8.66. The van der Waals surface area contributed by atoms with Gasteiger partial charge in [0.15, 0.2) is 5.82 Å². The molecular weight excluding hydrogens is 355 g/mol. The lowest BCUT2D eigenvalue weighted by molar-refractivity contribution is 1.17. The standard InChI is InChI=1S/C12H5BrCl2N2S/c13-9-10(14)16-12(17-11(9)15)7-5-18-8-4-2-1-3-6(7)8/h1-5H. The third-order valence-corrected chi connectivity index (χ3v) is 5.21. The van der Waals surface area contributed by atoms with Crippen molar-refractivity contribution < 1.29 is 0 Å². The summed E-state index contributed by atoms with van der Waals surface area (Å²) < 4.78 is 1.71. The van der Waals surface area contributed by atoms with Crippen LogP contribution < -0.4 is 0 Å². The molecule has 0 bridgehead atoms. The fraction of sp³-hybridized carbons (Fsp3) is 0. The van der Waals surface area contributed by atoms with Gasteiger partial charge in [0, 0.05) is 21.0 Å². The van der Waals surface area contributed by atoms with Crippen molar-refractivity contribution in [2.75, 3.05) is 0 Å². The first kappa shape index (κ1) is 12.4. The second kappa shape index (κ2) is 4.78. The SMILES string of the molecule is Clc1nc(-c2csc3ccccc23)nc(Cl)c1Br. The van der Waals surface area contributed by atoms with Crippen molar-refractivity contribution in [1.29, 1.82) is 0 Å². The highest BCUT2D eigenvalue weighted by Gasteiger charge is 2.13. The molecule has 6 heteroatoms. The van der Waals surface area contributed by atoms with Gasteiger partial charge in [0.2, 0.25) is 0 Å². The maximum Gasteiger partial charge on any atom is 0.164 e. The fourth-order valence-corrected chi connectivity index (χ4v) is 3.17. The highest BCUT2D eigenvalue weighted by molar-refractivity contribution is 9.10. The molecule has 2 nitrogen and oxygen atoms in total. The van der Waals surface area contributed by atoms with Gasteiger partial charge in [-0.3, -0.25) is 0 Å². The van der Waals surface area contributed by atoms with Crippen molar-refractivity contribution in [1.82, 2.24) is 9.97 Å². The van der Waals surface area contributed by atoms with Gasteiger partial charge in [-0.05, 0) is 22.0 Å². The molecule has 90 valence electrons. The van der Waals surface area contributed by atoms with Crippen molar-refractivity contribution >= 4 is 60.6 Å². The number of hydrogen-bond donors (Lipinski definition) is 0. The third-order valence-electron chi connectivity index (χ3n) is 2.49. The lowest BCUT2D eigenvalue weighted by Crippen LogP contribution is -1.91. The predicted molar refractivity (Wildman–Crippen MR) is 80.6 cm³/mol. The highest BCUT2D eigenvalue weighted by atomic mass is 79.9. The molecule has 0 aliphatic heterocycles. The summed E-state index contributed by atoms with van der Waals surface area (Å²) in [5, 5.41) is 3.76. The zero-order valence-electron chi connectivity index (χ0n) is 8.82. The number of benzene rings is 1. The summed E-state index contributed by atoms with van der Waals surface area (Å²) in [4.78, 5) is 8.51. The van der Waals surface area contributed by atoms with Crippen molar-refractivity contribution in [2.45, 2.75) is 0 Å². The summed E-state index contributed by atoms with van der Waals surface area (Å²) in [6, 6.07) is 8.09. The topological polar surface area (TPSA) is 25.8 Å². The summed E-state index contributed by atoms with van der Waals surface area (Å²) in [6.07, 6.45) is 0. The van der Waals surface area contributed by atoms with E-state index in [1.165, 1.54) is 4.70 Å². The Morgan fingerprint density at radius 3 is 2.44 bits per heavy atom. The van der Waals surface area contributed by atoms with Crippen LogP contribution in [0, 0.1) is 0 Å². The van der Waals surface area contributed by atoms with E-state index in [0.717, 1.165) is 10.9 Å². The minimum Gasteiger partial charge on any atom is -0.215 e. The van der Waals surface area contributed by atoms with Crippen LogP contribution in [0.3, 0.4) is 0 Å². The summed E-state index contributed by atoms with van der Waals surface area (Å²) >= 11 is 16.9. The summed E-state index contributed by atoms with van der Waals surface area (Å²) in [6.45, 7) is 0. The van der Waals surface area contributed by atoms with Crippen LogP contribution in [0.15, 0.2) is 34.1 Å². The first-order valence-corrected chi connectivity index (χ1v) is 7.45. The average molecular weight is 360 g/mol. The molecule has 18 heavy (non-hydrogen) atoms. The van der Waals surface area contributed by atoms with Crippen molar-refractivity contribution in [3.8, 4) is 11.4 Å². The van der Waals surface area contributed by atoms with E-state index in [-0.39, 0.29) is 0 Å². The summed E-state index contributed by atoms with van der Waals surface area (Å²) in [5.41, 5.74) is 0.951. The van der Waals surface area contributed by atoms with E-state index in [2.05, 4.69) is 32.0 Å². The number of halogens is 3. The molecule has 2 heterocycles. The molecule has 0 atom stereocenters. The van der Waals surface area contributed by atoms with Crippen LogP contribution in [0.1, 0.15) is 0 Å². The van der Waals surface area contributed by atoms with E-state index >= 15 is 0 Å². The second-order valence-electron chi connectivity index (χ2n) is 3.59. The van der Waals surface area contributed by atoms with E-state index in [0.29, 0.717) is 20.6 Å². The van der Waals surface area contributed by atoms with Gasteiger partial charge in [0.25, 0.3) is 0 Å². The van der Waals surface area contributed by atoms with Crippen molar-refractivity contribution in [3.63, 3.8) is 0 Å². The van der Waals surface area contributed by atoms with Crippen LogP contribution in [-0.4, -0.2) is 9.97 Å². The number of fused-ring (bicyclic) bond motifs is 1. The van der Waals surface area contributed by atoms with Crippen LogP contribution >= 0.6 is 50.5 Å². The van der Waals surface area contributed by atoms with Gasteiger partial charge < -0.3 is 0 Å². The number of aromatic nitrogens is 2. The molecule has 2 aromatic heterocycles. The van der Waals surface area contributed by atoms with Crippen LogP contribution in [0.5, 0.6) is 0 Å². The highest BCUT2D eigenvalue weighted by Crippen LogP contribution is 2.35. The number of thiophene rings is 1. The molecule has 0 saturated heterocycles. The van der Waals surface area contributed by atoms with Crippen LogP contribution in [0.25, 0.3) is 21.5 Å². The van der Waals surface area contributed by atoms with Gasteiger partial charge >= 0.3 is 0 Å². The largest absolute Gasteiger partial charge is 0.215 e. The molecule has 0 aliphatic carbocycles. The van der Waals surface area contributed by atoms with Crippen LogP contribution in [0.2, 0.25) is 10.3 Å². The molecule has 0 fully saturated rings. The molecule has 0 amide bonds. The van der Waals surface area contributed by atoms with Gasteiger partial charge in [-0.15, -0.1) is 11.3 Å². The summed E-state index contributed by atoms with van der Waals surface area (Å²) in [5.74, 6) is 0.547. The molecule has 3 aromatic rings. The fourth-order valence-electron chi connectivity index (χ4n) is 1.67. The molecular formula is C12H5BrCl2N2S. The van der Waals surface area contributed by atoms with Gasteiger partial charge in [-0.1, -0.05) is 41.4 Å². The maximum atomic E-state index is 6.01. The molecule has 0 spiro atoms. The molecule has 0 aliphatic rings. The van der Waals surface area contributed by atoms with E-state index < -0.39 is 0 Å². The van der Waals surface area contributed by atoms with Crippen LogP contribution in [0.4, 0.5) is 0 Å². The number of nitrogens with zero attached hydrogens (tertiary/aromatic N) is 2. The van der Waals surface area contributed by atoms with Gasteiger partial charge in [-0.2, -0.15) is 0 Å². The molecule has 1 aromatic carbocycles. The average Bonchev–Trinajstić information content (AvgIpc) is 2.79. The Morgan fingerprint density at radius 1 is 1.06 bits per heavy atom. The Balaban J connectivity index is 2.26. The quantitative estimate of drug-likeness (QED) is 0.541. The maximum absolute atomic E-state index is 6.01. The summed E-state index contributed by atoms with van der Waals surface area (Å²) in [7, 11) is 0. The molecule has 0 saturated carbocycles. The zero-order valence-corrected chi connectivity index (χ0v) is 12.7. The van der Waals surface area contributed by atoms with Crippen LogP contribution in [-0.2, 0) is 0 Å². The molecule has 0 radical (unpaired) electrons. The van der Waals surface area contributed by atoms with E-state index in [1.54, 1.807) is 11.3 Å². The monoisotopic (exact) mass is 358 g/mol. The van der Waals surface area contributed by atoms with Crippen molar-refractivity contribution in [3.05, 3.63) is 44.4 Å². The molecule has 0 N–H and O–H groups in total. The Morgan fingerprint density at radius 2 is 1.72 bits per heavy atom. The van der Waals surface area contributed by atoms with Crippen molar-refractivity contribution in [2.24, 2.45) is 0 Å². The normalized spacial score (nSPS) is 11.1. The lowest BCUT2D eigenvalue weighted by Gasteiger charge is -2.02. The zero-order chi connectivity index (χ0) is 12.7. The molecule has 3 rings (SSSR count). The lowest BCUT2D eigenvalue weighted by atomic mass is 10.2. The number of rotatable bonds is 1. The van der Waals surface area contributed by atoms with Gasteiger partial charge in [0.05, 0.1) is 4.47 Å². The number of hydrogen-bond acceptors (Lipinski definition) is 3. The van der Waals surface area contributed by atoms with E-state index in [9.17, 15) is 0 Å².